The SMILES string of the molecule is CON(C)C(=O)C(C)Oc1cccc(C(C)C)c1. The van der Waals surface area contributed by atoms with Gasteiger partial charge in [0.2, 0.25) is 0 Å². The van der Waals surface area contributed by atoms with Gasteiger partial charge in [-0.05, 0) is 30.5 Å². The van der Waals surface area contributed by atoms with Crippen LogP contribution in [-0.4, -0.2) is 31.2 Å². The average Bonchev–Trinajstić information content (AvgIpc) is 2.37. The van der Waals surface area contributed by atoms with E-state index in [0.29, 0.717) is 11.7 Å². The lowest BCUT2D eigenvalue weighted by molar-refractivity contribution is -0.175. The van der Waals surface area contributed by atoms with Gasteiger partial charge in [-0.2, -0.15) is 0 Å². The minimum Gasteiger partial charge on any atom is -0.481 e. The summed E-state index contributed by atoms with van der Waals surface area (Å²) in [7, 11) is 3.01. The van der Waals surface area contributed by atoms with Crippen LogP contribution < -0.4 is 4.74 Å². The first-order chi connectivity index (χ1) is 8.45. The van der Waals surface area contributed by atoms with Crippen molar-refractivity contribution >= 4 is 5.91 Å². The molecule has 0 radical (unpaired) electrons. The van der Waals surface area contributed by atoms with Crippen molar-refractivity contribution in [3.63, 3.8) is 0 Å². The van der Waals surface area contributed by atoms with Crippen LogP contribution in [0.4, 0.5) is 0 Å². The van der Waals surface area contributed by atoms with Crippen LogP contribution >= 0.6 is 0 Å². The third-order valence-corrected chi connectivity index (χ3v) is 2.77. The van der Waals surface area contributed by atoms with Gasteiger partial charge in [-0.25, -0.2) is 5.06 Å². The van der Waals surface area contributed by atoms with Crippen LogP contribution in [0.1, 0.15) is 32.3 Å². The molecule has 100 valence electrons. The highest BCUT2D eigenvalue weighted by atomic mass is 16.7. The molecule has 0 aliphatic rings. The average molecular weight is 251 g/mol. The highest BCUT2D eigenvalue weighted by Gasteiger charge is 2.19. The Labute approximate surface area is 108 Å². The van der Waals surface area contributed by atoms with E-state index >= 15 is 0 Å². The largest absolute Gasteiger partial charge is 0.481 e. The maximum Gasteiger partial charge on any atom is 0.286 e. The van der Waals surface area contributed by atoms with E-state index in [0.717, 1.165) is 5.06 Å². The summed E-state index contributed by atoms with van der Waals surface area (Å²) in [4.78, 5) is 16.6. The zero-order valence-electron chi connectivity index (χ0n) is 11.6. The number of ether oxygens (including phenoxy) is 1. The molecule has 0 saturated carbocycles. The molecule has 1 unspecified atom stereocenters. The van der Waals surface area contributed by atoms with E-state index in [1.165, 1.54) is 12.7 Å². The van der Waals surface area contributed by atoms with E-state index in [1.54, 1.807) is 14.0 Å². The van der Waals surface area contributed by atoms with E-state index in [4.69, 9.17) is 9.57 Å². The van der Waals surface area contributed by atoms with Gasteiger partial charge in [-0.1, -0.05) is 26.0 Å². The molecular weight excluding hydrogens is 230 g/mol. The van der Waals surface area contributed by atoms with Crippen LogP contribution in [0.25, 0.3) is 0 Å². The second-order valence-corrected chi connectivity index (χ2v) is 4.51. The molecule has 0 aliphatic heterocycles. The zero-order chi connectivity index (χ0) is 13.7. The maximum absolute atomic E-state index is 11.8. The van der Waals surface area contributed by atoms with Crippen LogP contribution in [0.2, 0.25) is 0 Å². The number of carbonyl (C=O) groups excluding carboxylic acids is 1. The van der Waals surface area contributed by atoms with Crippen molar-refractivity contribution in [2.24, 2.45) is 0 Å². The predicted octanol–water partition coefficient (Wildman–Crippen LogP) is 2.60. The topological polar surface area (TPSA) is 38.8 Å². The predicted molar refractivity (Wildman–Crippen MR) is 70.4 cm³/mol. The molecule has 4 nitrogen and oxygen atoms in total. The van der Waals surface area contributed by atoms with Gasteiger partial charge in [0.1, 0.15) is 5.75 Å². The third-order valence-electron chi connectivity index (χ3n) is 2.77. The summed E-state index contributed by atoms with van der Waals surface area (Å²) in [6.07, 6.45) is -0.572. The molecule has 4 heteroatoms. The molecule has 18 heavy (non-hydrogen) atoms. The number of hydroxylamine groups is 2. The fourth-order valence-electron chi connectivity index (χ4n) is 1.55. The van der Waals surface area contributed by atoms with E-state index in [-0.39, 0.29) is 5.91 Å². The van der Waals surface area contributed by atoms with Crippen molar-refractivity contribution in [2.75, 3.05) is 14.2 Å². The molecule has 0 fully saturated rings. The fraction of sp³-hybridized carbons (Fsp3) is 0.500. The van der Waals surface area contributed by atoms with Gasteiger partial charge in [0.15, 0.2) is 6.10 Å². The summed E-state index contributed by atoms with van der Waals surface area (Å²) in [5.74, 6) is 0.917. The fourth-order valence-corrected chi connectivity index (χ4v) is 1.55. The zero-order valence-corrected chi connectivity index (χ0v) is 11.6. The number of nitrogens with zero attached hydrogens (tertiary/aromatic N) is 1. The Kier molecular flexibility index (Phi) is 5.16. The van der Waals surface area contributed by atoms with Crippen LogP contribution in [-0.2, 0) is 9.63 Å². The molecular formula is C14H21NO3. The Morgan fingerprint density at radius 2 is 1.94 bits per heavy atom. The molecule has 0 N–H and O–H groups in total. The van der Waals surface area contributed by atoms with E-state index in [1.807, 2.05) is 24.3 Å². The lowest BCUT2D eigenvalue weighted by Gasteiger charge is -2.20. The number of benzene rings is 1. The summed E-state index contributed by atoms with van der Waals surface area (Å²) >= 11 is 0. The van der Waals surface area contributed by atoms with Gasteiger partial charge in [0.05, 0.1) is 7.11 Å². The lowest BCUT2D eigenvalue weighted by Crippen LogP contribution is -2.37. The highest BCUT2D eigenvalue weighted by Crippen LogP contribution is 2.21. The van der Waals surface area contributed by atoms with Crippen molar-refractivity contribution in [2.45, 2.75) is 32.8 Å². The van der Waals surface area contributed by atoms with Crippen LogP contribution in [0.5, 0.6) is 5.75 Å². The van der Waals surface area contributed by atoms with Gasteiger partial charge >= 0.3 is 0 Å². The van der Waals surface area contributed by atoms with Crippen LogP contribution in [0, 0.1) is 0 Å². The monoisotopic (exact) mass is 251 g/mol. The minimum atomic E-state index is -0.572. The van der Waals surface area contributed by atoms with Crippen molar-refractivity contribution in [3.8, 4) is 5.75 Å². The van der Waals surface area contributed by atoms with Crippen LogP contribution in [0.3, 0.4) is 0 Å². The smallest absolute Gasteiger partial charge is 0.286 e. The van der Waals surface area contributed by atoms with Crippen molar-refractivity contribution in [1.82, 2.24) is 5.06 Å². The normalized spacial score (nSPS) is 12.3. The first kappa shape index (κ1) is 14.5. The van der Waals surface area contributed by atoms with Crippen LogP contribution in [0.15, 0.2) is 24.3 Å². The second kappa shape index (κ2) is 6.40. The first-order valence-electron chi connectivity index (χ1n) is 6.04. The Balaban J connectivity index is 2.72. The quantitative estimate of drug-likeness (QED) is 0.755. The number of amides is 1. The van der Waals surface area contributed by atoms with E-state index < -0.39 is 6.10 Å². The second-order valence-electron chi connectivity index (χ2n) is 4.51. The molecule has 0 saturated heterocycles. The Morgan fingerprint density at radius 3 is 2.50 bits per heavy atom. The van der Waals surface area contributed by atoms with Gasteiger partial charge in [0.25, 0.3) is 5.91 Å². The number of hydrogen-bond acceptors (Lipinski definition) is 3. The summed E-state index contributed by atoms with van der Waals surface area (Å²) in [6, 6.07) is 7.79. The van der Waals surface area contributed by atoms with Crippen molar-refractivity contribution in [3.05, 3.63) is 29.8 Å². The third kappa shape index (κ3) is 3.74. The molecule has 1 aromatic rings. The number of hydrogen-bond donors (Lipinski definition) is 0. The molecule has 1 aromatic carbocycles. The summed E-state index contributed by atoms with van der Waals surface area (Å²) in [5, 5.41) is 1.16. The standard InChI is InChI=1S/C14H21NO3/c1-10(2)12-7-6-8-13(9-12)18-11(3)14(16)15(4)17-5/h6-11H,1-5H3. The molecule has 0 aliphatic carbocycles. The van der Waals surface area contributed by atoms with Crippen molar-refractivity contribution < 1.29 is 14.4 Å². The first-order valence-corrected chi connectivity index (χ1v) is 6.04. The van der Waals surface area contributed by atoms with Gasteiger partial charge in [-0.3, -0.25) is 9.63 Å². The van der Waals surface area contributed by atoms with Gasteiger partial charge in [-0.15, -0.1) is 0 Å². The maximum atomic E-state index is 11.8. The molecule has 1 rings (SSSR count). The Morgan fingerprint density at radius 1 is 1.28 bits per heavy atom. The molecule has 1 amide bonds. The molecule has 0 bridgehead atoms. The molecule has 0 aromatic heterocycles. The highest BCUT2D eigenvalue weighted by molar-refractivity contribution is 5.79. The van der Waals surface area contributed by atoms with E-state index in [2.05, 4.69) is 13.8 Å². The van der Waals surface area contributed by atoms with E-state index in [9.17, 15) is 4.79 Å². The number of rotatable bonds is 5. The summed E-state index contributed by atoms with van der Waals surface area (Å²) < 4.78 is 5.62. The van der Waals surface area contributed by atoms with Crippen molar-refractivity contribution in [1.29, 1.82) is 0 Å². The van der Waals surface area contributed by atoms with Gasteiger partial charge in [0, 0.05) is 7.05 Å². The minimum absolute atomic E-state index is 0.215. The molecule has 1 atom stereocenters. The Hall–Kier alpha value is -1.55. The van der Waals surface area contributed by atoms with Gasteiger partial charge < -0.3 is 4.74 Å². The number of likely N-dealkylation sites (N-methyl/N-ethyl adjacent to an activating group) is 1. The Bertz CT molecular complexity index is 404. The summed E-state index contributed by atoms with van der Waals surface area (Å²) in [6.45, 7) is 5.94. The molecule has 0 spiro atoms. The summed E-state index contributed by atoms with van der Waals surface area (Å²) in [5.41, 5.74) is 1.19. The number of carbonyl (C=O) groups is 1. The molecule has 0 heterocycles. The lowest BCUT2D eigenvalue weighted by atomic mass is 10.0.